The summed E-state index contributed by atoms with van der Waals surface area (Å²) >= 11 is 0. The Labute approximate surface area is 151 Å². The van der Waals surface area contributed by atoms with Crippen LogP contribution in [0.4, 0.5) is 0 Å². The molecule has 3 aromatic rings. The lowest BCUT2D eigenvalue weighted by Crippen LogP contribution is -2.33. The molecule has 3 heterocycles. The Hall–Kier alpha value is -3.02. The van der Waals surface area contributed by atoms with Crippen molar-refractivity contribution >= 4 is 23.0 Å². The molecule has 0 saturated carbocycles. The van der Waals surface area contributed by atoms with Gasteiger partial charge in [0.2, 0.25) is 0 Å². The number of benzene rings is 1. The van der Waals surface area contributed by atoms with Crippen LogP contribution in [-0.4, -0.2) is 37.8 Å². The van der Waals surface area contributed by atoms with E-state index in [-0.39, 0.29) is 17.4 Å². The number of fused-ring (bicyclic) bond motifs is 2. The van der Waals surface area contributed by atoms with Crippen LogP contribution in [0.15, 0.2) is 48.9 Å². The number of carbonyl (C=O) groups excluding carboxylic acids is 2. The summed E-state index contributed by atoms with van der Waals surface area (Å²) in [5.41, 5.74) is 2.52. The molecule has 2 amide bonds. The number of amides is 2. The van der Waals surface area contributed by atoms with Gasteiger partial charge in [-0.3, -0.25) is 14.5 Å². The summed E-state index contributed by atoms with van der Waals surface area (Å²) < 4.78 is 2.11. The Morgan fingerprint density at radius 3 is 2.35 bits per heavy atom. The van der Waals surface area contributed by atoms with E-state index < -0.39 is 0 Å². The fourth-order valence-corrected chi connectivity index (χ4v) is 3.57. The predicted octanol–water partition coefficient (Wildman–Crippen LogP) is 3.24. The number of carbonyl (C=O) groups is 2. The van der Waals surface area contributed by atoms with Crippen LogP contribution in [0.5, 0.6) is 0 Å². The monoisotopic (exact) mass is 348 g/mol. The van der Waals surface area contributed by atoms with Crippen LogP contribution >= 0.6 is 0 Å². The highest BCUT2D eigenvalue weighted by Crippen LogP contribution is 2.28. The second-order valence-corrected chi connectivity index (χ2v) is 7.18. The smallest absolute Gasteiger partial charge is 0.261 e. The first-order chi connectivity index (χ1) is 12.5. The SMILES string of the molecule is CC(C)(CCCN1C(=O)c2ccccc2C1=O)n1cnc2ncccc21. The Kier molecular flexibility index (Phi) is 3.83. The predicted molar refractivity (Wildman–Crippen MR) is 97.9 cm³/mol. The van der Waals surface area contributed by atoms with E-state index in [0.717, 1.165) is 24.0 Å². The number of nitrogens with zero attached hydrogens (tertiary/aromatic N) is 4. The molecule has 0 atom stereocenters. The van der Waals surface area contributed by atoms with Crippen LogP contribution < -0.4 is 0 Å². The van der Waals surface area contributed by atoms with Gasteiger partial charge in [-0.25, -0.2) is 9.97 Å². The first-order valence-electron chi connectivity index (χ1n) is 8.73. The first-order valence-corrected chi connectivity index (χ1v) is 8.73. The third-order valence-electron chi connectivity index (χ3n) is 5.02. The van der Waals surface area contributed by atoms with Gasteiger partial charge in [0.05, 0.1) is 23.0 Å². The Morgan fingerprint density at radius 1 is 0.962 bits per heavy atom. The van der Waals surface area contributed by atoms with E-state index in [9.17, 15) is 9.59 Å². The van der Waals surface area contributed by atoms with Crippen LogP contribution in [0.25, 0.3) is 11.2 Å². The quantitative estimate of drug-likeness (QED) is 0.664. The van der Waals surface area contributed by atoms with Crippen LogP contribution in [0, 0.1) is 0 Å². The molecule has 0 unspecified atom stereocenters. The molecule has 1 aliphatic heterocycles. The van der Waals surface area contributed by atoms with Gasteiger partial charge in [-0.1, -0.05) is 12.1 Å². The summed E-state index contributed by atoms with van der Waals surface area (Å²) in [6.45, 7) is 4.67. The van der Waals surface area contributed by atoms with E-state index in [4.69, 9.17) is 0 Å². The third-order valence-corrected chi connectivity index (χ3v) is 5.02. The third kappa shape index (κ3) is 2.58. The summed E-state index contributed by atoms with van der Waals surface area (Å²) in [5.74, 6) is -0.388. The first kappa shape index (κ1) is 16.4. The number of imide groups is 1. The maximum atomic E-state index is 12.4. The van der Waals surface area contributed by atoms with Crippen molar-refractivity contribution in [3.05, 3.63) is 60.0 Å². The van der Waals surface area contributed by atoms with Crippen molar-refractivity contribution in [1.29, 1.82) is 0 Å². The molecule has 26 heavy (non-hydrogen) atoms. The Bertz CT molecular complexity index is 971. The number of hydrogen-bond donors (Lipinski definition) is 0. The van der Waals surface area contributed by atoms with Crippen LogP contribution in [0.2, 0.25) is 0 Å². The zero-order valence-corrected chi connectivity index (χ0v) is 14.8. The van der Waals surface area contributed by atoms with Gasteiger partial charge in [-0.2, -0.15) is 0 Å². The lowest BCUT2D eigenvalue weighted by Gasteiger charge is -2.28. The minimum Gasteiger partial charge on any atom is -0.324 e. The van der Waals surface area contributed by atoms with Gasteiger partial charge >= 0.3 is 0 Å². The zero-order valence-electron chi connectivity index (χ0n) is 14.8. The van der Waals surface area contributed by atoms with Gasteiger partial charge in [0.25, 0.3) is 11.8 Å². The summed E-state index contributed by atoms with van der Waals surface area (Å²) in [6.07, 6.45) is 5.06. The highest BCUT2D eigenvalue weighted by atomic mass is 16.2. The molecule has 132 valence electrons. The van der Waals surface area contributed by atoms with Gasteiger partial charge in [0, 0.05) is 18.3 Å². The number of hydrogen-bond acceptors (Lipinski definition) is 4. The second-order valence-electron chi connectivity index (χ2n) is 7.18. The molecule has 0 radical (unpaired) electrons. The summed E-state index contributed by atoms with van der Waals surface area (Å²) in [5, 5.41) is 0. The molecule has 6 heteroatoms. The molecule has 0 saturated heterocycles. The maximum Gasteiger partial charge on any atom is 0.261 e. The molecular weight excluding hydrogens is 328 g/mol. The standard InChI is InChI=1S/C20H20N4O2/c1-20(2,24-13-22-17-16(24)9-5-11-21-17)10-6-12-23-18(25)14-7-3-4-8-15(14)19(23)26/h3-5,7-9,11,13H,6,10,12H2,1-2H3. The Balaban J connectivity index is 1.46. The summed E-state index contributed by atoms with van der Waals surface area (Å²) in [4.78, 5) is 34.9. The highest BCUT2D eigenvalue weighted by molar-refractivity contribution is 6.21. The fraction of sp³-hybridized carbons (Fsp3) is 0.300. The van der Waals surface area contributed by atoms with Crippen LogP contribution in [-0.2, 0) is 5.54 Å². The van der Waals surface area contributed by atoms with E-state index in [2.05, 4.69) is 28.4 Å². The highest BCUT2D eigenvalue weighted by Gasteiger charge is 2.35. The number of aromatic nitrogens is 3. The molecule has 6 nitrogen and oxygen atoms in total. The van der Waals surface area contributed by atoms with Gasteiger partial charge < -0.3 is 4.57 Å². The van der Waals surface area contributed by atoms with E-state index in [1.54, 1.807) is 36.8 Å². The van der Waals surface area contributed by atoms with Crippen molar-refractivity contribution in [3.8, 4) is 0 Å². The lowest BCUT2D eigenvalue weighted by molar-refractivity contribution is 0.0647. The fourth-order valence-electron chi connectivity index (χ4n) is 3.57. The molecule has 0 fully saturated rings. The normalized spacial score (nSPS) is 14.3. The molecule has 1 aliphatic rings. The van der Waals surface area contributed by atoms with Crippen molar-refractivity contribution in [2.24, 2.45) is 0 Å². The molecule has 0 N–H and O–H groups in total. The average molecular weight is 348 g/mol. The van der Waals surface area contributed by atoms with Crippen molar-refractivity contribution in [2.45, 2.75) is 32.2 Å². The van der Waals surface area contributed by atoms with E-state index in [1.165, 1.54) is 4.90 Å². The summed E-state index contributed by atoms with van der Waals surface area (Å²) in [6, 6.07) is 10.9. The van der Waals surface area contributed by atoms with Gasteiger partial charge in [-0.05, 0) is 51.0 Å². The minimum absolute atomic E-state index is 0.194. The maximum absolute atomic E-state index is 12.4. The average Bonchev–Trinajstić information content (AvgIpc) is 3.18. The van der Waals surface area contributed by atoms with Crippen molar-refractivity contribution < 1.29 is 9.59 Å². The van der Waals surface area contributed by atoms with Gasteiger partial charge in [0.1, 0.15) is 0 Å². The van der Waals surface area contributed by atoms with Crippen molar-refractivity contribution in [2.75, 3.05) is 6.54 Å². The molecule has 2 aromatic heterocycles. The van der Waals surface area contributed by atoms with Crippen LogP contribution in [0.1, 0.15) is 47.4 Å². The van der Waals surface area contributed by atoms with Gasteiger partial charge in [-0.15, -0.1) is 0 Å². The number of rotatable bonds is 5. The summed E-state index contributed by atoms with van der Waals surface area (Å²) in [7, 11) is 0. The molecule has 0 bridgehead atoms. The number of imidazole rings is 1. The molecule has 0 spiro atoms. The molecule has 0 aliphatic carbocycles. The minimum atomic E-state index is -0.198. The van der Waals surface area contributed by atoms with E-state index in [1.807, 2.05) is 12.1 Å². The molecule has 4 rings (SSSR count). The molecular formula is C20H20N4O2. The topological polar surface area (TPSA) is 68.1 Å². The van der Waals surface area contributed by atoms with E-state index >= 15 is 0 Å². The largest absolute Gasteiger partial charge is 0.324 e. The van der Waals surface area contributed by atoms with Crippen molar-refractivity contribution in [1.82, 2.24) is 19.4 Å². The second kappa shape index (κ2) is 6.05. The number of pyridine rings is 1. The van der Waals surface area contributed by atoms with E-state index in [0.29, 0.717) is 17.7 Å². The van der Waals surface area contributed by atoms with Crippen molar-refractivity contribution in [3.63, 3.8) is 0 Å². The molecule has 1 aromatic carbocycles. The van der Waals surface area contributed by atoms with Crippen LogP contribution in [0.3, 0.4) is 0 Å². The van der Waals surface area contributed by atoms with Gasteiger partial charge in [0.15, 0.2) is 5.65 Å². The lowest BCUT2D eigenvalue weighted by atomic mass is 9.97. The Morgan fingerprint density at radius 2 is 1.65 bits per heavy atom. The zero-order chi connectivity index (χ0) is 18.3.